The van der Waals surface area contributed by atoms with Crippen LogP contribution in [0.25, 0.3) is 0 Å². The molecule has 3 rings (SSSR count). The topological polar surface area (TPSA) is 71.0 Å². The van der Waals surface area contributed by atoms with E-state index in [0.717, 1.165) is 42.7 Å². The summed E-state index contributed by atoms with van der Waals surface area (Å²) in [6.07, 6.45) is 4.48. The first-order valence-corrected chi connectivity index (χ1v) is 9.18. The quantitative estimate of drug-likeness (QED) is 0.441. The van der Waals surface area contributed by atoms with Gasteiger partial charge in [-0.1, -0.05) is 12.1 Å². The molecule has 1 aliphatic heterocycles. The first kappa shape index (κ1) is 18.8. The fraction of sp³-hybridized carbons (Fsp3) is 0.400. The zero-order valence-corrected chi connectivity index (χ0v) is 15.9. The smallest absolute Gasteiger partial charge is 0.191 e. The Labute approximate surface area is 160 Å². The summed E-state index contributed by atoms with van der Waals surface area (Å²) in [6.45, 7) is 3.11. The molecule has 1 saturated heterocycles. The number of hydrogen-bond donors (Lipinski definition) is 2. The second-order valence-corrected chi connectivity index (χ2v) is 6.28. The molecular formula is C20H27N5O2. The molecule has 0 bridgehead atoms. The van der Waals surface area contributed by atoms with Crippen LogP contribution in [0.1, 0.15) is 6.42 Å². The monoisotopic (exact) mass is 369 g/mol. The molecule has 144 valence electrons. The highest BCUT2D eigenvalue weighted by atomic mass is 16.5. The normalized spacial score (nSPS) is 16.9. The predicted octanol–water partition coefficient (Wildman–Crippen LogP) is 1.91. The van der Waals surface area contributed by atoms with Crippen LogP contribution in [0.5, 0.6) is 11.5 Å². The molecule has 0 saturated carbocycles. The molecule has 0 spiro atoms. The van der Waals surface area contributed by atoms with Crippen molar-refractivity contribution in [1.82, 2.24) is 15.6 Å². The SMILES string of the molecule is CN=C(NCCOc1cccnc1)NC1CCN(c2ccccc2OC)C1. The first-order valence-electron chi connectivity index (χ1n) is 9.18. The molecule has 1 aromatic carbocycles. The fourth-order valence-corrected chi connectivity index (χ4v) is 3.15. The largest absolute Gasteiger partial charge is 0.495 e. The van der Waals surface area contributed by atoms with E-state index >= 15 is 0 Å². The first-order chi connectivity index (χ1) is 13.3. The van der Waals surface area contributed by atoms with Crippen molar-refractivity contribution in [1.29, 1.82) is 0 Å². The Morgan fingerprint density at radius 1 is 1.30 bits per heavy atom. The maximum absolute atomic E-state index is 5.64. The lowest BCUT2D eigenvalue weighted by molar-refractivity contribution is 0.320. The van der Waals surface area contributed by atoms with Crippen LogP contribution in [0.4, 0.5) is 5.69 Å². The van der Waals surface area contributed by atoms with E-state index in [1.165, 1.54) is 0 Å². The van der Waals surface area contributed by atoms with Crippen molar-refractivity contribution in [3.63, 3.8) is 0 Å². The maximum atomic E-state index is 5.64. The molecule has 2 N–H and O–H groups in total. The van der Waals surface area contributed by atoms with E-state index in [4.69, 9.17) is 9.47 Å². The van der Waals surface area contributed by atoms with E-state index in [0.29, 0.717) is 19.2 Å². The lowest BCUT2D eigenvalue weighted by Gasteiger charge is -2.22. The van der Waals surface area contributed by atoms with E-state index in [1.807, 2.05) is 30.3 Å². The average molecular weight is 369 g/mol. The number of pyridine rings is 1. The zero-order chi connectivity index (χ0) is 18.9. The van der Waals surface area contributed by atoms with E-state index < -0.39 is 0 Å². The zero-order valence-electron chi connectivity index (χ0n) is 15.9. The summed E-state index contributed by atoms with van der Waals surface area (Å²) < 4.78 is 11.1. The number of guanidine groups is 1. The number of nitrogens with zero attached hydrogens (tertiary/aromatic N) is 3. The van der Waals surface area contributed by atoms with Crippen LogP contribution < -0.4 is 25.0 Å². The highest BCUT2D eigenvalue weighted by Crippen LogP contribution is 2.30. The summed E-state index contributed by atoms with van der Waals surface area (Å²) in [6, 6.07) is 12.2. The number of anilines is 1. The minimum absolute atomic E-state index is 0.334. The molecule has 2 heterocycles. The maximum Gasteiger partial charge on any atom is 0.191 e. The molecule has 0 aliphatic carbocycles. The standard InChI is InChI=1S/C20H27N5O2/c1-21-20(23-11-13-27-17-6-5-10-22-14-17)24-16-9-12-25(15-16)18-7-3-4-8-19(18)26-2/h3-8,10,14,16H,9,11-13,15H2,1-2H3,(H2,21,23,24). The van der Waals surface area contributed by atoms with Gasteiger partial charge in [-0.3, -0.25) is 9.98 Å². The molecule has 1 aliphatic rings. The second-order valence-electron chi connectivity index (χ2n) is 6.28. The van der Waals surface area contributed by atoms with Crippen molar-refractivity contribution >= 4 is 11.6 Å². The Bertz CT molecular complexity index is 738. The number of hydrogen-bond acceptors (Lipinski definition) is 5. The number of para-hydroxylation sites is 2. The average Bonchev–Trinajstić information content (AvgIpc) is 3.19. The minimum atomic E-state index is 0.334. The predicted molar refractivity (Wildman–Crippen MR) is 108 cm³/mol. The number of rotatable bonds is 7. The number of aliphatic imine (C=N–C) groups is 1. The van der Waals surface area contributed by atoms with E-state index in [9.17, 15) is 0 Å². The van der Waals surface area contributed by atoms with E-state index in [2.05, 4.69) is 31.6 Å². The van der Waals surface area contributed by atoms with Gasteiger partial charge in [0.1, 0.15) is 18.1 Å². The summed E-state index contributed by atoms with van der Waals surface area (Å²) in [5, 5.41) is 6.78. The van der Waals surface area contributed by atoms with Crippen molar-refractivity contribution in [2.24, 2.45) is 4.99 Å². The van der Waals surface area contributed by atoms with Gasteiger partial charge in [0.25, 0.3) is 0 Å². The lowest BCUT2D eigenvalue weighted by Crippen LogP contribution is -2.45. The Hall–Kier alpha value is -2.96. The molecular weight excluding hydrogens is 342 g/mol. The minimum Gasteiger partial charge on any atom is -0.495 e. The molecule has 7 nitrogen and oxygen atoms in total. The van der Waals surface area contributed by atoms with Gasteiger partial charge in [0.2, 0.25) is 0 Å². The number of benzene rings is 1. The van der Waals surface area contributed by atoms with E-state index in [1.54, 1.807) is 26.6 Å². The Balaban J connectivity index is 1.44. The number of ether oxygens (including phenoxy) is 2. The van der Waals surface area contributed by atoms with Crippen molar-refractivity contribution in [3.05, 3.63) is 48.8 Å². The van der Waals surface area contributed by atoms with Crippen LogP contribution in [0.15, 0.2) is 53.8 Å². The van der Waals surface area contributed by atoms with Crippen LogP contribution in [-0.4, -0.2) is 57.4 Å². The molecule has 0 amide bonds. The molecule has 1 fully saturated rings. The third kappa shape index (κ3) is 5.26. The highest BCUT2D eigenvalue weighted by molar-refractivity contribution is 5.80. The van der Waals surface area contributed by atoms with Crippen molar-refractivity contribution in [2.75, 3.05) is 45.3 Å². The molecule has 27 heavy (non-hydrogen) atoms. The van der Waals surface area contributed by atoms with Crippen LogP contribution in [-0.2, 0) is 0 Å². The van der Waals surface area contributed by atoms with Crippen molar-refractivity contribution in [2.45, 2.75) is 12.5 Å². The summed E-state index contributed by atoms with van der Waals surface area (Å²) in [5.74, 6) is 2.47. The van der Waals surface area contributed by atoms with Gasteiger partial charge in [0.05, 0.1) is 25.5 Å². The van der Waals surface area contributed by atoms with Gasteiger partial charge in [-0.2, -0.15) is 0 Å². The summed E-state index contributed by atoms with van der Waals surface area (Å²) in [4.78, 5) is 10.7. The van der Waals surface area contributed by atoms with Crippen LogP contribution >= 0.6 is 0 Å². The van der Waals surface area contributed by atoms with Gasteiger partial charge in [0.15, 0.2) is 5.96 Å². The van der Waals surface area contributed by atoms with Gasteiger partial charge in [-0.15, -0.1) is 0 Å². The molecule has 0 radical (unpaired) electrons. The van der Waals surface area contributed by atoms with Gasteiger partial charge in [-0.05, 0) is 30.7 Å². The Morgan fingerprint density at radius 2 is 2.19 bits per heavy atom. The van der Waals surface area contributed by atoms with Crippen LogP contribution in [0, 0.1) is 0 Å². The van der Waals surface area contributed by atoms with Gasteiger partial charge in [0, 0.05) is 32.4 Å². The van der Waals surface area contributed by atoms with Crippen LogP contribution in [0.2, 0.25) is 0 Å². The summed E-state index contributed by atoms with van der Waals surface area (Å²) in [7, 11) is 3.49. The highest BCUT2D eigenvalue weighted by Gasteiger charge is 2.25. The third-order valence-electron chi connectivity index (χ3n) is 4.48. The number of nitrogens with one attached hydrogen (secondary N) is 2. The third-order valence-corrected chi connectivity index (χ3v) is 4.48. The Morgan fingerprint density at radius 3 is 2.96 bits per heavy atom. The van der Waals surface area contributed by atoms with Gasteiger partial charge >= 0.3 is 0 Å². The number of aromatic nitrogens is 1. The van der Waals surface area contributed by atoms with Gasteiger partial charge < -0.3 is 25.0 Å². The molecule has 1 atom stereocenters. The molecule has 1 aromatic heterocycles. The number of methoxy groups -OCH3 is 1. The lowest BCUT2D eigenvalue weighted by atomic mass is 10.2. The summed E-state index contributed by atoms with van der Waals surface area (Å²) in [5.41, 5.74) is 1.14. The molecule has 1 unspecified atom stereocenters. The summed E-state index contributed by atoms with van der Waals surface area (Å²) >= 11 is 0. The van der Waals surface area contributed by atoms with Crippen molar-refractivity contribution < 1.29 is 9.47 Å². The Kier molecular flexibility index (Phi) is 6.73. The van der Waals surface area contributed by atoms with Crippen molar-refractivity contribution in [3.8, 4) is 11.5 Å². The van der Waals surface area contributed by atoms with Crippen LogP contribution in [0.3, 0.4) is 0 Å². The van der Waals surface area contributed by atoms with Gasteiger partial charge in [-0.25, -0.2) is 0 Å². The fourth-order valence-electron chi connectivity index (χ4n) is 3.15. The van der Waals surface area contributed by atoms with E-state index in [-0.39, 0.29) is 0 Å². The second kappa shape index (κ2) is 9.66. The molecule has 2 aromatic rings. The molecule has 7 heteroatoms.